The number of hydrogen-bond acceptors (Lipinski definition) is 3. The van der Waals surface area contributed by atoms with Crippen LogP contribution in [0.15, 0.2) is 36.4 Å². The van der Waals surface area contributed by atoms with Crippen LogP contribution in [-0.2, 0) is 0 Å². The largest absolute Gasteiger partial charge is 0.389 e. The summed E-state index contributed by atoms with van der Waals surface area (Å²) in [5.74, 6) is 0.792. The van der Waals surface area contributed by atoms with Crippen LogP contribution < -0.4 is 5.32 Å². The Kier molecular flexibility index (Phi) is 2.79. The molecule has 3 heteroatoms. The first-order valence-electron chi connectivity index (χ1n) is 5.37. The predicted molar refractivity (Wildman–Crippen MR) is 66.5 cm³/mol. The summed E-state index contributed by atoms with van der Waals surface area (Å²) in [6.45, 7) is 4.01. The highest BCUT2D eigenvalue weighted by molar-refractivity contribution is 5.80. The van der Waals surface area contributed by atoms with Crippen molar-refractivity contribution in [3.05, 3.63) is 36.4 Å². The third-order valence-corrected chi connectivity index (χ3v) is 2.30. The maximum Gasteiger partial charge on any atom is 0.126 e. The maximum absolute atomic E-state index is 9.60. The molecule has 0 amide bonds. The molecule has 3 nitrogen and oxygen atoms in total. The summed E-state index contributed by atoms with van der Waals surface area (Å²) >= 11 is 0. The van der Waals surface area contributed by atoms with Crippen molar-refractivity contribution >= 4 is 16.7 Å². The fourth-order valence-electron chi connectivity index (χ4n) is 1.47. The smallest absolute Gasteiger partial charge is 0.126 e. The second-order valence-corrected chi connectivity index (χ2v) is 4.56. The van der Waals surface area contributed by atoms with Gasteiger partial charge in [-0.2, -0.15) is 0 Å². The summed E-state index contributed by atoms with van der Waals surface area (Å²) in [4.78, 5) is 4.46. The van der Waals surface area contributed by atoms with Gasteiger partial charge in [0, 0.05) is 11.9 Å². The first-order valence-corrected chi connectivity index (χ1v) is 5.37. The van der Waals surface area contributed by atoms with Crippen molar-refractivity contribution in [2.24, 2.45) is 0 Å². The molecular weight excluding hydrogens is 200 g/mol. The minimum atomic E-state index is -0.729. The lowest BCUT2D eigenvalue weighted by Crippen LogP contribution is -2.29. The number of nitrogens with zero attached hydrogens (tertiary/aromatic N) is 1. The Morgan fingerprint density at radius 2 is 1.94 bits per heavy atom. The zero-order valence-corrected chi connectivity index (χ0v) is 9.57. The fourth-order valence-corrected chi connectivity index (χ4v) is 1.47. The van der Waals surface area contributed by atoms with Gasteiger partial charge >= 0.3 is 0 Å². The third-order valence-electron chi connectivity index (χ3n) is 2.30. The van der Waals surface area contributed by atoms with Crippen LogP contribution in [0.4, 0.5) is 5.82 Å². The van der Waals surface area contributed by atoms with Gasteiger partial charge in [-0.05, 0) is 32.0 Å². The molecule has 0 saturated heterocycles. The minimum absolute atomic E-state index is 0.484. The molecule has 2 rings (SSSR count). The van der Waals surface area contributed by atoms with Gasteiger partial charge in [-0.25, -0.2) is 4.98 Å². The average molecular weight is 216 g/mol. The van der Waals surface area contributed by atoms with Crippen LogP contribution in [-0.4, -0.2) is 22.2 Å². The van der Waals surface area contributed by atoms with Gasteiger partial charge < -0.3 is 10.4 Å². The molecule has 0 atom stereocenters. The van der Waals surface area contributed by atoms with Crippen molar-refractivity contribution < 1.29 is 5.11 Å². The molecule has 0 fully saturated rings. The number of aliphatic hydroxyl groups is 1. The number of fused-ring (bicyclic) bond motifs is 1. The van der Waals surface area contributed by atoms with E-state index in [1.165, 1.54) is 0 Å². The van der Waals surface area contributed by atoms with Gasteiger partial charge in [0.25, 0.3) is 0 Å². The van der Waals surface area contributed by atoms with Crippen LogP contribution in [0.1, 0.15) is 13.8 Å². The Hall–Kier alpha value is -1.61. The minimum Gasteiger partial charge on any atom is -0.389 e. The molecule has 0 aliphatic rings. The van der Waals surface area contributed by atoms with E-state index in [0.717, 1.165) is 16.7 Å². The van der Waals surface area contributed by atoms with E-state index in [9.17, 15) is 5.11 Å². The summed E-state index contributed by atoms with van der Waals surface area (Å²) in [6.07, 6.45) is 0. The van der Waals surface area contributed by atoms with E-state index >= 15 is 0 Å². The number of para-hydroxylation sites is 1. The first kappa shape index (κ1) is 10.9. The highest BCUT2D eigenvalue weighted by atomic mass is 16.3. The van der Waals surface area contributed by atoms with Crippen LogP contribution in [0, 0.1) is 0 Å². The molecule has 1 heterocycles. The van der Waals surface area contributed by atoms with Gasteiger partial charge in [0.1, 0.15) is 5.82 Å². The highest BCUT2D eigenvalue weighted by Crippen LogP contribution is 2.15. The summed E-state index contributed by atoms with van der Waals surface area (Å²) in [7, 11) is 0. The second-order valence-electron chi connectivity index (χ2n) is 4.56. The molecule has 0 aliphatic heterocycles. The van der Waals surface area contributed by atoms with E-state index in [1.54, 1.807) is 13.8 Å². The SMILES string of the molecule is CC(C)(O)CNc1ccc2ccccc2n1. The normalized spacial score (nSPS) is 11.7. The Morgan fingerprint density at radius 1 is 1.19 bits per heavy atom. The Balaban J connectivity index is 2.20. The second kappa shape index (κ2) is 4.10. The number of hydrogen-bond donors (Lipinski definition) is 2. The van der Waals surface area contributed by atoms with E-state index < -0.39 is 5.60 Å². The summed E-state index contributed by atoms with van der Waals surface area (Å²) < 4.78 is 0. The van der Waals surface area contributed by atoms with Crippen molar-refractivity contribution in [3.8, 4) is 0 Å². The summed E-state index contributed by atoms with van der Waals surface area (Å²) in [5, 5.41) is 13.8. The van der Waals surface area contributed by atoms with Gasteiger partial charge in [0.05, 0.1) is 11.1 Å². The van der Waals surface area contributed by atoms with Gasteiger partial charge in [0.2, 0.25) is 0 Å². The molecule has 84 valence electrons. The molecule has 0 saturated carbocycles. The lowest BCUT2D eigenvalue weighted by Gasteiger charge is -2.18. The number of anilines is 1. The molecule has 0 radical (unpaired) electrons. The molecule has 0 spiro atoms. The average Bonchev–Trinajstić information content (AvgIpc) is 2.25. The lowest BCUT2D eigenvalue weighted by atomic mass is 10.1. The van der Waals surface area contributed by atoms with Gasteiger partial charge in [-0.3, -0.25) is 0 Å². The maximum atomic E-state index is 9.60. The topological polar surface area (TPSA) is 45.1 Å². The fraction of sp³-hybridized carbons (Fsp3) is 0.308. The number of pyridine rings is 1. The van der Waals surface area contributed by atoms with E-state index in [1.807, 2.05) is 36.4 Å². The zero-order chi connectivity index (χ0) is 11.6. The number of nitrogens with one attached hydrogen (secondary N) is 1. The van der Waals surface area contributed by atoms with Crippen LogP contribution in [0.5, 0.6) is 0 Å². The Bertz CT molecular complexity index is 489. The van der Waals surface area contributed by atoms with Crippen molar-refractivity contribution in [3.63, 3.8) is 0 Å². The molecule has 2 N–H and O–H groups in total. The molecule has 0 unspecified atom stereocenters. The molecule has 16 heavy (non-hydrogen) atoms. The number of aromatic nitrogens is 1. The van der Waals surface area contributed by atoms with E-state index in [4.69, 9.17) is 0 Å². The lowest BCUT2D eigenvalue weighted by molar-refractivity contribution is 0.0944. The van der Waals surface area contributed by atoms with Crippen LogP contribution in [0.3, 0.4) is 0 Å². The quantitative estimate of drug-likeness (QED) is 0.828. The van der Waals surface area contributed by atoms with Crippen LogP contribution >= 0.6 is 0 Å². The number of benzene rings is 1. The third kappa shape index (κ3) is 2.70. The zero-order valence-electron chi connectivity index (χ0n) is 9.57. The molecule has 0 bridgehead atoms. The molecule has 0 aliphatic carbocycles. The van der Waals surface area contributed by atoms with Gasteiger partial charge in [-0.15, -0.1) is 0 Å². The molecular formula is C13H16N2O. The first-order chi connectivity index (χ1) is 7.54. The van der Waals surface area contributed by atoms with E-state index in [0.29, 0.717) is 6.54 Å². The van der Waals surface area contributed by atoms with Crippen LogP contribution in [0.25, 0.3) is 10.9 Å². The Morgan fingerprint density at radius 3 is 2.69 bits per heavy atom. The van der Waals surface area contributed by atoms with Crippen molar-refractivity contribution in [2.45, 2.75) is 19.4 Å². The van der Waals surface area contributed by atoms with E-state index in [2.05, 4.69) is 10.3 Å². The number of rotatable bonds is 3. The summed E-state index contributed by atoms with van der Waals surface area (Å²) in [6, 6.07) is 11.9. The van der Waals surface area contributed by atoms with Crippen LogP contribution in [0.2, 0.25) is 0 Å². The molecule has 2 aromatic rings. The Labute approximate surface area is 95.1 Å². The van der Waals surface area contributed by atoms with Gasteiger partial charge in [0.15, 0.2) is 0 Å². The molecule has 1 aromatic heterocycles. The summed E-state index contributed by atoms with van der Waals surface area (Å²) in [5.41, 5.74) is 0.232. The standard InChI is InChI=1S/C13H16N2O/c1-13(2,16)9-14-12-8-7-10-5-3-4-6-11(10)15-12/h3-8,16H,9H2,1-2H3,(H,14,15). The van der Waals surface area contributed by atoms with Crippen molar-refractivity contribution in [2.75, 3.05) is 11.9 Å². The predicted octanol–water partition coefficient (Wildman–Crippen LogP) is 2.42. The molecule has 1 aromatic carbocycles. The van der Waals surface area contributed by atoms with E-state index in [-0.39, 0.29) is 0 Å². The van der Waals surface area contributed by atoms with Gasteiger partial charge in [-0.1, -0.05) is 18.2 Å². The van der Waals surface area contributed by atoms with Crippen molar-refractivity contribution in [1.82, 2.24) is 4.98 Å². The highest BCUT2D eigenvalue weighted by Gasteiger charge is 2.11. The van der Waals surface area contributed by atoms with Crippen molar-refractivity contribution in [1.29, 1.82) is 0 Å². The monoisotopic (exact) mass is 216 g/mol.